The van der Waals surface area contributed by atoms with Crippen molar-refractivity contribution in [3.8, 4) is 5.75 Å². The molecule has 4 aromatic carbocycles. The van der Waals surface area contributed by atoms with Gasteiger partial charge in [0.1, 0.15) is 17.1 Å². The first-order valence-corrected chi connectivity index (χ1v) is 12.0. The molecule has 0 saturated carbocycles. The number of Topliss-reactive ketones (excluding diaryl/α,β-unsaturated/α-hetero) is 1. The van der Waals surface area contributed by atoms with E-state index in [0.29, 0.717) is 46.7 Å². The fourth-order valence-electron chi connectivity index (χ4n) is 5.17. The number of esters is 1. The second-order valence-electron chi connectivity index (χ2n) is 8.93. The maximum atomic E-state index is 13.6. The molecule has 36 heavy (non-hydrogen) atoms. The zero-order valence-electron chi connectivity index (χ0n) is 20.0. The van der Waals surface area contributed by atoms with Gasteiger partial charge in [0.2, 0.25) is 0 Å². The van der Waals surface area contributed by atoms with Crippen LogP contribution in [-0.2, 0) is 15.3 Å². The number of benzene rings is 4. The maximum absolute atomic E-state index is 13.6. The number of anilines is 1. The molecule has 0 spiro atoms. The molecule has 0 N–H and O–H groups in total. The predicted molar refractivity (Wildman–Crippen MR) is 139 cm³/mol. The van der Waals surface area contributed by atoms with E-state index in [0.717, 1.165) is 16.3 Å². The first-order chi connectivity index (χ1) is 17.6. The molecule has 0 fully saturated rings. The van der Waals surface area contributed by atoms with Crippen molar-refractivity contribution < 1.29 is 19.1 Å². The summed E-state index contributed by atoms with van der Waals surface area (Å²) in [5.41, 5.74) is 1.80. The van der Waals surface area contributed by atoms with Crippen LogP contribution in [0.1, 0.15) is 46.8 Å². The number of para-hydroxylation sites is 1. The molecule has 0 saturated heterocycles. The number of carbonyl (C=O) groups is 2. The highest BCUT2D eigenvalue weighted by molar-refractivity contribution is 6.47. The Morgan fingerprint density at radius 3 is 2.39 bits per heavy atom. The van der Waals surface area contributed by atoms with E-state index in [1.54, 1.807) is 30.3 Å². The summed E-state index contributed by atoms with van der Waals surface area (Å²) in [7, 11) is 1.55. The van der Waals surface area contributed by atoms with E-state index in [9.17, 15) is 9.59 Å². The molecule has 6 nitrogen and oxygen atoms in total. The van der Waals surface area contributed by atoms with Crippen molar-refractivity contribution >= 4 is 33.9 Å². The Kier molecular flexibility index (Phi) is 5.11. The molecule has 2 aliphatic rings. The third kappa shape index (κ3) is 3.07. The lowest BCUT2D eigenvalue weighted by Crippen LogP contribution is -2.55. The molecule has 0 aromatic heterocycles. The second-order valence-corrected chi connectivity index (χ2v) is 8.93. The van der Waals surface area contributed by atoms with E-state index in [4.69, 9.17) is 14.6 Å². The summed E-state index contributed by atoms with van der Waals surface area (Å²) >= 11 is 0. The standard InChI is InChI=1S/C30H24N2O4/c1-3-10-25(33)27-23-17-19-11-7-8-12-20(19)18-24(23)30(21-13-5-4-6-14-21)32(31-27)28-22(29(34)36-30)15-9-16-26(28)35-2/h4-9,11-18H,3,10H2,1-2H3. The molecule has 2 heterocycles. The molecule has 0 radical (unpaired) electrons. The van der Waals surface area contributed by atoms with Crippen molar-refractivity contribution in [2.45, 2.75) is 25.5 Å². The Morgan fingerprint density at radius 1 is 0.944 bits per heavy atom. The first-order valence-electron chi connectivity index (χ1n) is 12.0. The van der Waals surface area contributed by atoms with Gasteiger partial charge in [-0.3, -0.25) is 4.79 Å². The fraction of sp³-hybridized carbons (Fsp3) is 0.167. The molecular formula is C30H24N2O4. The second kappa shape index (κ2) is 8.34. The van der Waals surface area contributed by atoms with Crippen LogP contribution in [0.25, 0.3) is 10.8 Å². The Labute approximate surface area is 208 Å². The lowest BCUT2D eigenvalue weighted by Gasteiger charge is -2.48. The Hall–Kier alpha value is -4.45. The summed E-state index contributed by atoms with van der Waals surface area (Å²) in [4.78, 5) is 27.0. The van der Waals surface area contributed by atoms with Gasteiger partial charge in [-0.05, 0) is 41.5 Å². The van der Waals surface area contributed by atoms with Gasteiger partial charge in [-0.1, -0.05) is 67.6 Å². The van der Waals surface area contributed by atoms with E-state index in [2.05, 4.69) is 0 Å². The van der Waals surface area contributed by atoms with Crippen LogP contribution in [-0.4, -0.2) is 24.6 Å². The van der Waals surface area contributed by atoms with Gasteiger partial charge in [0.05, 0.1) is 12.7 Å². The van der Waals surface area contributed by atoms with Crippen LogP contribution < -0.4 is 9.75 Å². The maximum Gasteiger partial charge on any atom is 0.343 e. The van der Waals surface area contributed by atoms with Gasteiger partial charge in [-0.25, -0.2) is 9.80 Å². The third-order valence-corrected chi connectivity index (χ3v) is 6.80. The van der Waals surface area contributed by atoms with Crippen molar-refractivity contribution in [2.75, 3.05) is 12.1 Å². The SMILES string of the molecule is CCCC(=O)C1=NN2c3c(OC)cccc3C(=O)OC2(c2ccccc2)c2cc3ccccc3cc21. The number of ether oxygens (including phenoxy) is 2. The monoisotopic (exact) mass is 476 g/mol. The zero-order chi connectivity index (χ0) is 24.9. The van der Waals surface area contributed by atoms with Crippen molar-refractivity contribution in [1.29, 1.82) is 0 Å². The van der Waals surface area contributed by atoms with Gasteiger partial charge >= 0.3 is 5.97 Å². The van der Waals surface area contributed by atoms with Crippen LogP contribution >= 0.6 is 0 Å². The Balaban J connectivity index is 1.77. The lowest BCUT2D eigenvalue weighted by molar-refractivity contribution is -0.113. The minimum Gasteiger partial charge on any atom is -0.494 e. The number of hydrogen-bond acceptors (Lipinski definition) is 6. The molecule has 1 unspecified atom stereocenters. The van der Waals surface area contributed by atoms with Gasteiger partial charge in [0.15, 0.2) is 5.78 Å². The molecule has 2 aliphatic heterocycles. The number of hydrogen-bond donors (Lipinski definition) is 0. The van der Waals surface area contributed by atoms with Gasteiger partial charge < -0.3 is 9.47 Å². The highest BCUT2D eigenvalue weighted by Gasteiger charge is 2.55. The van der Waals surface area contributed by atoms with Crippen molar-refractivity contribution in [3.63, 3.8) is 0 Å². The molecule has 6 rings (SSSR count). The molecular weight excluding hydrogens is 452 g/mol. The minimum absolute atomic E-state index is 0.0657. The first kappa shape index (κ1) is 22.0. The molecule has 0 bridgehead atoms. The van der Waals surface area contributed by atoms with Crippen molar-refractivity contribution in [2.24, 2.45) is 5.10 Å². The summed E-state index contributed by atoms with van der Waals surface area (Å²) in [6.07, 6.45) is 1.05. The Morgan fingerprint density at radius 2 is 1.67 bits per heavy atom. The van der Waals surface area contributed by atoms with Crippen LogP contribution in [0.4, 0.5) is 5.69 Å². The summed E-state index contributed by atoms with van der Waals surface area (Å²) in [6, 6.07) is 26.7. The summed E-state index contributed by atoms with van der Waals surface area (Å²) in [5.74, 6) is -0.0783. The van der Waals surface area contributed by atoms with E-state index < -0.39 is 11.7 Å². The molecule has 0 amide bonds. The average molecular weight is 477 g/mol. The average Bonchev–Trinajstić information content (AvgIpc) is 2.92. The number of nitrogens with zero attached hydrogens (tertiary/aromatic N) is 2. The summed E-state index contributed by atoms with van der Waals surface area (Å²) in [6.45, 7) is 1.97. The molecule has 1 atom stereocenters. The van der Waals surface area contributed by atoms with Crippen LogP contribution in [0, 0.1) is 0 Å². The molecule has 178 valence electrons. The number of fused-ring (bicyclic) bond motifs is 6. The fourth-order valence-corrected chi connectivity index (χ4v) is 5.17. The van der Waals surface area contributed by atoms with E-state index in [-0.39, 0.29) is 5.78 Å². The van der Waals surface area contributed by atoms with Gasteiger partial charge in [-0.15, -0.1) is 0 Å². The zero-order valence-corrected chi connectivity index (χ0v) is 20.0. The lowest BCUT2D eigenvalue weighted by atomic mass is 9.82. The summed E-state index contributed by atoms with van der Waals surface area (Å²) < 4.78 is 12.1. The van der Waals surface area contributed by atoms with E-state index in [1.165, 1.54) is 0 Å². The number of hydrazone groups is 1. The quantitative estimate of drug-likeness (QED) is 0.340. The van der Waals surface area contributed by atoms with Crippen molar-refractivity contribution in [1.82, 2.24) is 0 Å². The molecule has 4 aromatic rings. The topological polar surface area (TPSA) is 68.2 Å². The molecule has 0 aliphatic carbocycles. The largest absolute Gasteiger partial charge is 0.494 e. The number of methoxy groups -OCH3 is 1. The van der Waals surface area contributed by atoms with Gasteiger partial charge in [0.25, 0.3) is 5.72 Å². The highest BCUT2D eigenvalue weighted by atomic mass is 16.6. The van der Waals surface area contributed by atoms with Crippen LogP contribution in [0.15, 0.2) is 90.0 Å². The highest BCUT2D eigenvalue weighted by Crippen LogP contribution is 2.52. The molecule has 6 heteroatoms. The summed E-state index contributed by atoms with van der Waals surface area (Å²) in [5, 5.41) is 8.56. The van der Waals surface area contributed by atoms with Gasteiger partial charge in [-0.2, -0.15) is 5.10 Å². The van der Waals surface area contributed by atoms with E-state index >= 15 is 0 Å². The Bertz CT molecular complexity index is 1560. The number of ketones is 1. The van der Waals surface area contributed by atoms with Crippen LogP contribution in [0.3, 0.4) is 0 Å². The van der Waals surface area contributed by atoms with Gasteiger partial charge in [0, 0.05) is 23.1 Å². The normalized spacial score (nSPS) is 18.0. The van der Waals surface area contributed by atoms with Crippen molar-refractivity contribution in [3.05, 3.63) is 107 Å². The van der Waals surface area contributed by atoms with E-state index in [1.807, 2.05) is 73.7 Å². The smallest absolute Gasteiger partial charge is 0.343 e. The minimum atomic E-state index is -1.42. The predicted octanol–water partition coefficient (Wildman–Crippen LogP) is 5.81. The van der Waals surface area contributed by atoms with Crippen LogP contribution in [0.2, 0.25) is 0 Å². The number of rotatable bonds is 5. The third-order valence-electron chi connectivity index (χ3n) is 6.80. The number of carbonyl (C=O) groups excluding carboxylic acids is 2. The van der Waals surface area contributed by atoms with Crippen LogP contribution in [0.5, 0.6) is 5.75 Å².